The number of ketones is 1. The number of benzene rings is 4. The molecule has 3 aliphatic rings. The van der Waals surface area contributed by atoms with Crippen molar-refractivity contribution >= 4 is 79.4 Å². The molecule has 21 nitrogen and oxygen atoms in total. The predicted molar refractivity (Wildman–Crippen MR) is 297 cm³/mol. The monoisotopic (exact) mass is 1140 g/mol. The number of para-hydroxylation sites is 1. The largest absolute Gasteiger partial charge is 0.492 e. The highest BCUT2D eigenvalue weighted by Gasteiger charge is 2.46. The number of sulfonamides is 1. The molecule has 2 atom stereocenters. The van der Waals surface area contributed by atoms with E-state index >= 15 is 0 Å². The fourth-order valence-corrected chi connectivity index (χ4v) is 11.4. The standard InChI is InChI=1S/C56H62F3N11O10S/c1-6-79-47-29-35(14-18-41(47)64-54-62-32-45-52(65-54)70(81(5,75)76)43-10-8-7-9-40(43)53(74)67(45)4)68-21-19-33(50(60)72)27-36(68)20-22-77-23-24-78-25-26-80-38-15-11-34(12-16-38)63-42-28-37(13-17-39(42)51(61)73)69-44-30-55(2,3)31-46(71)48(44)49(66-69)56(57,58)59/h7-18,28-29,32-33,36,63H,6,19-27,30-31H2,1-5H3,(H2,60,72)(H2,61,73)(H,62,64,65). The van der Waals surface area contributed by atoms with Crippen molar-refractivity contribution in [1.29, 1.82) is 0 Å². The Hall–Kier alpha value is -8.29. The van der Waals surface area contributed by atoms with Gasteiger partial charge in [0.1, 0.15) is 23.8 Å². The van der Waals surface area contributed by atoms with Crippen LogP contribution in [0.4, 0.5) is 59.1 Å². The van der Waals surface area contributed by atoms with E-state index in [1.54, 1.807) is 48.5 Å². The molecule has 428 valence electrons. The number of hydrogen-bond donors (Lipinski definition) is 4. The number of primary amides is 2. The Morgan fingerprint density at radius 1 is 0.852 bits per heavy atom. The summed E-state index contributed by atoms with van der Waals surface area (Å²) in [6, 6.07) is 23.0. The van der Waals surface area contributed by atoms with Crippen molar-refractivity contribution in [2.45, 2.75) is 65.1 Å². The molecular weight excluding hydrogens is 1080 g/mol. The van der Waals surface area contributed by atoms with Gasteiger partial charge in [-0.3, -0.25) is 19.2 Å². The quantitative estimate of drug-likeness (QED) is 0.0496. The number of alkyl halides is 3. The molecule has 1 aliphatic carbocycles. The summed E-state index contributed by atoms with van der Waals surface area (Å²) in [5.74, 6) is -1.45. The van der Waals surface area contributed by atoms with Crippen molar-refractivity contribution in [2.75, 3.05) is 84.2 Å². The Morgan fingerprint density at radius 3 is 2.27 bits per heavy atom. The van der Waals surface area contributed by atoms with E-state index < -0.39 is 50.5 Å². The molecule has 6 N–H and O–H groups in total. The van der Waals surface area contributed by atoms with Crippen LogP contribution in [0, 0.1) is 11.3 Å². The van der Waals surface area contributed by atoms with Crippen LogP contribution in [0.1, 0.15) is 88.9 Å². The summed E-state index contributed by atoms with van der Waals surface area (Å²) in [6.07, 6.45) is -0.652. The van der Waals surface area contributed by atoms with Gasteiger partial charge in [0.2, 0.25) is 21.9 Å². The van der Waals surface area contributed by atoms with Gasteiger partial charge in [-0.25, -0.2) is 22.4 Å². The van der Waals surface area contributed by atoms with Gasteiger partial charge in [-0.05, 0) is 105 Å². The SMILES string of the molecule is CCOc1cc(N2CCC(C(N)=O)CC2CCOCCOCCOc2ccc(Nc3cc(-n4nc(C(F)(F)F)c5c4CC(C)(C)CC5=O)ccc3C(N)=O)cc2)ccc1Nc1ncc2c(n1)N(S(C)(=O)=O)c1ccccc1C(=O)N2C. The number of hydrogen-bond acceptors (Lipinski definition) is 16. The van der Waals surface area contributed by atoms with E-state index in [2.05, 4.69) is 30.6 Å². The lowest BCUT2D eigenvalue weighted by molar-refractivity contribution is -0.141. The maximum Gasteiger partial charge on any atom is 0.435 e. The molecule has 9 rings (SSSR count). The molecule has 25 heteroatoms. The van der Waals surface area contributed by atoms with E-state index in [0.717, 1.165) is 20.9 Å². The number of nitrogens with zero attached hydrogens (tertiary/aromatic N) is 7. The number of fused-ring (bicyclic) bond motifs is 3. The molecule has 2 unspecified atom stereocenters. The van der Waals surface area contributed by atoms with Crippen molar-refractivity contribution in [1.82, 2.24) is 19.7 Å². The first kappa shape index (κ1) is 57.4. The fourth-order valence-electron chi connectivity index (χ4n) is 10.4. The van der Waals surface area contributed by atoms with E-state index in [1.807, 2.05) is 39.0 Å². The van der Waals surface area contributed by atoms with E-state index in [9.17, 15) is 40.8 Å². The molecule has 4 aromatic carbocycles. The minimum absolute atomic E-state index is 0.00811. The third-order valence-electron chi connectivity index (χ3n) is 14.2. The molecule has 1 saturated heterocycles. The number of halogens is 3. The highest BCUT2D eigenvalue weighted by molar-refractivity contribution is 7.92. The molecule has 2 aliphatic heterocycles. The molecule has 0 bridgehead atoms. The molecule has 6 aromatic rings. The molecule has 3 amide bonds. The van der Waals surface area contributed by atoms with Crippen LogP contribution in [0.25, 0.3) is 5.69 Å². The fraction of sp³-hybridized carbons (Fsp3) is 0.375. The van der Waals surface area contributed by atoms with Crippen LogP contribution in [-0.4, -0.2) is 117 Å². The number of piperidine rings is 1. The summed E-state index contributed by atoms with van der Waals surface area (Å²) in [7, 11) is -2.45. The van der Waals surface area contributed by atoms with Gasteiger partial charge < -0.3 is 50.8 Å². The molecule has 4 heterocycles. The highest BCUT2D eigenvalue weighted by atomic mass is 32.2. The average molecular weight is 1140 g/mol. The average Bonchev–Trinajstić information content (AvgIpc) is 3.41. The minimum atomic E-state index is -4.86. The summed E-state index contributed by atoms with van der Waals surface area (Å²) in [5, 5.41) is 10.2. The Balaban J connectivity index is 0.775. The van der Waals surface area contributed by atoms with Crippen LogP contribution in [-0.2, 0) is 36.9 Å². The number of nitrogens with one attached hydrogen (secondary N) is 2. The zero-order chi connectivity index (χ0) is 58.0. The number of amides is 3. The van der Waals surface area contributed by atoms with Gasteiger partial charge in [-0.1, -0.05) is 26.0 Å². The Kier molecular flexibility index (Phi) is 16.6. The van der Waals surface area contributed by atoms with Gasteiger partial charge in [-0.15, -0.1) is 0 Å². The highest BCUT2D eigenvalue weighted by Crippen LogP contribution is 2.44. The van der Waals surface area contributed by atoms with Gasteiger partial charge in [-0.2, -0.15) is 23.3 Å². The topological polar surface area (TPSA) is 269 Å². The van der Waals surface area contributed by atoms with Gasteiger partial charge in [0, 0.05) is 56.0 Å². The first-order valence-electron chi connectivity index (χ1n) is 26.2. The second kappa shape index (κ2) is 23.4. The Labute approximate surface area is 465 Å². The van der Waals surface area contributed by atoms with Crippen molar-refractivity contribution in [2.24, 2.45) is 22.8 Å². The summed E-state index contributed by atoms with van der Waals surface area (Å²) < 4.78 is 94.9. The summed E-state index contributed by atoms with van der Waals surface area (Å²) in [4.78, 5) is 63.9. The van der Waals surface area contributed by atoms with Crippen LogP contribution >= 0.6 is 0 Å². The Bertz CT molecular complexity index is 3490. The van der Waals surface area contributed by atoms with Gasteiger partial charge >= 0.3 is 6.18 Å². The summed E-state index contributed by atoms with van der Waals surface area (Å²) >= 11 is 0. The Morgan fingerprint density at radius 2 is 1.57 bits per heavy atom. The minimum Gasteiger partial charge on any atom is -0.492 e. The van der Waals surface area contributed by atoms with Crippen molar-refractivity contribution in [3.63, 3.8) is 0 Å². The van der Waals surface area contributed by atoms with Crippen molar-refractivity contribution in [3.8, 4) is 17.2 Å². The maximum atomic E-state index is 14.1. The third kappa shape index (κ3) is 12.7. The molecular formula is C56H62F3N11O10S. The van der Waals surface area contributed by atoms with Crippen LogP contribution in [0.3, 0.4) is 0 Å². The van der Waals surface area contributed by atoms with Gasteiger partial charge in [0.05, 0.1) is 84.0 Å². The van der Waals surface area contributed by atoms with Crippen LogP contribution in [0.5, 0.6) is 11.5 Å². The molecule has 0 saturated carbocycles. The molecule has 81 heavy (non-hydrogen) atoms. The lowest BCUT2D eigenvalue weighted by Gasteiger charge is -2.40. The number of anilines is 8. The zero-order valence-electron chi connectivity index (χ0n) is 45.2. The van der Waals surface area contributed by atoms with E-state index in [-0.39, 0.29) is 102 Å². The number of ether oxygens (including phenoxy) is 4. The van der Waals surface area contributed by atoms with E-state index in [4.69, 9.17) is 30.4 Å². The maximum absolute atomic E-state index is 14.1. The number of carbonyl (C=O) groups is 4. The molecule has 0 spiro atoms. The number of Topliss-reactive ketones (excluding diaryl/α,β-unsaturated/α-hetero) is 1. The van der Waals surface area contributed by atoms with Crippen LogP contribution < -0.4 is 45.7 Å². The summed E-state index contributed by atoms with van der Waals surface area (Å²) in [5.41, 5.74) is 12.3. The number of carbonyl (C=O) groups excluding carboxylic acids is 4. The lowest BCUT2D eigenvalue weighted by Crippen LogP contribution is -2.46. The number of nitrogens with two attached hydrogens (primary N) is 2. The summed E-state index contributed by atoms with van der Waals surface area (Å²) in [6.45, 7) is 7.74. The van der Waals surface area contributed by atoms with Gasteiger partial charge in [0.15, 0.2) is 17.3 Å². The molecule has 2 aromatic heterocycles. The molecule has 1 fully saturated rings. The van der Waals surface area contributed by atoms with E-state index in [0.29, 0.717) is 68.5 Å². The number of rotatable bonds is 21. The smallest absolute Gasteiger partial charge is 0.435 e. The normalized spacial score (nSPS) is 17.0. The predicted octanol–water partition coefficient (Wildman–Crippen LogP) is 8.08. The second-order valence-electron chi connectivity index (χ2n) is 20.6. The lowest BCUT2D eigenvalue weighted by atomic mass is 9.75. The zero-order valence-corrected chi connectivity index (χ0v) is 46.0. The third-order valence-corrected chi connectivity index (χ3v) is 15.2. The van der Waals surface area contributed by atoms with Crippen LogP contribution in [0.2, 0.25) is 0 Å². The van der Waals surface area contributed by atoms with E-state index in [1.165, 1.54) is 36.3 Å². The van der Waals surface area contributed by atoms with Crippen molar-refractivity contribution in [3.05, 3.63) is 119 Å². The first-order valence-corrected chi connectivity index (χ1v) is 28.0. The first-order chi connectivity index (χ1) is 38.5. The second-order valence-corrected chi connectivity index (χ2v) is 22.5. The van der Waals surface area contributed by atoms with Crippen LogP contribution in [0.15, 0.2) is 91.1 Å². The van der Waals surface area contributed by atoms with Gasteiger partial charge in [0.25, 0.3) is 11.8 Å². The number of aromatic nitrogens is 4. The van der Waals surface area contributed by atoms with Crippen molar-refractivity contribution < 1.29 is 59.7 Å². The molecule has 0 radical (unpaired) electrons.